The maximum absolute atomic E-state index is 13.5. The fraction of sp³-hybridized carbons (Fsp3) is 0.471. The highest BCUT2D eigenvalue weighted by Gasteiger charge is 2.45. The molecule has 10 nitrogen and oxygen atoms in total. The van der Waals surface area contributed by atoms with Gasteiger partial charge in [0.25, 0.3) is 5.56 Å². The molecule has 7 rings (SSSR count). The highest BCUT2D eigenvalue weighted by molar-refractivity contribution is 5.90. The van der Waals surface area contributed by atoms with Gasteiger partial charge < -0.3 is 28.9 Å². The molecular formula is C34H38N4O6. The number of amides is 1. The quantitative estimate of drug-likeness (QED) is 0.268. The second-order valence-corrected chi connectivity index (χ2v) is 12.4. The van der Waals surface area contributed by atoms with Gasteiger partial charge in [-0.05, 0) is 75.9 Å². The number of carbonyl (C=O) groups excluding carboxylic acids is 2. The summed E-state index contributed by atoms with van der Waals surface area (Å²) < 4.78 is 12.8. The summed E-state index contributed by atoms with van der Waals surface area (Å²) in [5, 5.41) is 12.0. The molecule has 2 aromatic heterocycles. The molecule has 0 saturated carbocycles. The zero-order valence-electron chi connectivity index (χ0n) is 25.1. The van der Waals surface area contributed by atoms with Crippen LogP contribution in [0, 0.1) is 0 Å². The van der Waals surface area contributed by atoms with Crippen molar-refractivity contribution in [2.75, 3.05) is 26.2 Å². The van der Waals surface area contributed by atoms with Crippen molar-refractivity contribution < 1.29 is 24.2 Å². The molecule has 0 spiro atoms. The van der Waals surface area contributed by atoms with Crippen molar-refractivity contribution in [1.29, 1.82) is 0 Å². The molecular weight excluding hydrogens is 560 g/mol. The van der Waals surface area contributed by atoms with Crippen molar-refractivity contribution in [2.24, 2.45) is 0 Å². The molecule has 4 aliphatic rings. The first kappa shape index (κ1) is 28.7. The molecule has 4 aliphatic heterocycles. The van der Waals surface area contributed by atoms with E-state index in [1.165, 1.54) is 19.3 Å². The van der Waals surface area contributed by atoms with Gasteiger partial charge in [-0.1, -0.05) is 19.4 Å². The van der Waals surface area contributed by atoms with Crippen molar-refractivity contribution in [3.63, 3.8) is 0 Å². The number of cyclic esters (lactones) is 1. The van der Waals surface area contributed by atoms with Crippen molar-refractivity contribution in [3.05, 3.63) is 69.5 Å². The van der Waals surface area contributed by atoms with Crippen LogP contribution in [-0.2, 0) is 34.7 Å². The number of piperidine rings is 2. The van der Waals surface area contributed by atoms with E-state index in [-0.39, 0.29) is 35.8 Å². The van der Waals surface area contributed by atoms with E-state index in [0.29, 0.717) is 54.8 Å². The Labute approximate surface area is 255 Å². The number of hydrogen-bond donors (Lipinski definition) is 1. The van der Waals surface area contributed by atoms with Crippen molar-refractivity contribution in [3.8, 4) is 17.1 Å². The fourth-order valence-corrected chi connectivity index (χ4v) is 7.40. The highest BCUT2D eigenvalue weighted by atomic mass is 16.6. The molecule has 1 amide bonds. The summed E-state index contributed by atoms with van der Waals surface area (Å²) in [6.45, 7) is 9.42. The Hall–Kier alpha value is -4.02. The van der Waals surface area contributed by atoms with Crippen LogP contribution >= 0.6 is 0 Å². The molecule has 2 saturated heterocycles. The lowest BCUT2D eigenvalue weighted by molar-refractivity contribution is -0.172. The molecule has 1 N–H and O–H groups in total. The summed E-state index contributed by atoms with van der Waals surface area (Å²) in [6.07, 6.45) is 7.75. The summed E-state index contributed by atoms with van der Waals surface area (Å²) in [5.41, 5.74) is 1.91. The van der Waals surface area contributed by atoms with Gasteiger partial charge in [-0.15, -0.1) is 6.58 Å². The summed E-state index contributed by atoms with van der Waals surface area (Å²) >= 11 is 0. The fourth-order valence-electron chi connectivity index (χ4n) is 7.40. The normalized spacial score (nSPS) is 21.9. The predicted molar refractivity (Wildman–Crippen MR) is 164 cm³/mol. The Kier molecular flexibility index (Phi) is 7.29. The second kappa shape index (κ2) is 11.2. The number of carbonyl (C=O) groups is 2. The van der Waals surface area contributed by atoms with E-state index in [1.54, 1.807) is 34.6 Å². The number of benzene rings is 1. The lowest BCUT2D eigenvalue weighted by atomic mass is 9.86. The minimum Gasteiger partial charge on any atom is -0.458 e. The number of likely N-dealkylation sites (tertiary alicyclic amines) is 2. The Balaban J connectivity index is 1.18. The number of fused-ring (bicyclic) bond motifs is 5. The van der Waals surface area contributed by atoms with Crippen molar-refractivity contribution >= 4 is 23.0 Å². The van der Waals surface area contributed by atoms with Gasteiger partial charge in [0.2, 0.25) is 0 Å². The van der Waals surface area contributed by atoms with E-state index in [1.807, 2.05) is 12.1 Å². The summed E-state index contributed by atoms with van der Waals surface area (Å²) in [7, 11) is 0. The molecule has 2 fully saturated rings. The van der Waals surface area contributed by atoms with Crippen LogP contribution in [0.1, 0.15) is 67.7 Å². The first-order chi connectivity index (χ1) is 21.3. The maximum Gasteiger partial charge on any atom is 0.415 e. The van der Waals surface area contributed by atoms with Crippen LogP contribution < -0.4 is 10.3 Å². The molecule has 44 heavy (non-hydrogen) atoms. The van der Waals surface area contributed by atoms with E-state index >= 15 is 0 Å². The number of rotatable bonds is 5. The van der Waals surface area contributed by atoms with Gasteiger partial charge in [0, 0.05) is 41.2 Å². The average molecular weight is 599 g/mol. The van der Waals surface area contributed by atoms with E-state index in [4.69, 9.17) is 14.5 Å². The van der Waals surface area contributed by atoms with Gasteiger partial charge in [-0.25, -0.2) is 14.6 Å². The third kappa shape index (κ3) is 4.62. The number of allylic oxidation sites excluding steroid dienone is 1. The largest absolute Gasteiger partial charge is 0.458 e. The SMILES string of the molecule is C=CCc1c(OC(=O)N2CCC(N3CCCCC3)CC2)ccc2nc3c(cc12)Cn1c-3cc2c(c1=O)COC(=O)C2(O)CC. The predicted octanol–water partition coefficient (Wildman–Crippen LogP) is 4.26. The number of ether oxygens (including phenoxy) is 2. The molecule has 0 bridgehead atoms. The number of aromatic nitrogens is 2. The first-order valence-electron chi connectivity index (χ1n) is 15.8. The van der Waals surface area contributed by atoms with Crippen LogP contribution in [0.15, 0.2) is 41.7 Å². The third-order valence-electron chi connectivity index (χ3n) is 9.94. The number of aliphatic hydroxyl groups is 1. The molecule has 1 aromatic carbocycles. The summed E-state index contributed by atoms with van der Waals surface area (Å²) in [4.78, 5) is 48.7. The summed E-state index contributed by atoms with van der Waals surface area (Å²) in [6, 6.07) is 7.85. The van der Waals surface area contributed by atoms with Gasteiger partial charge in [-0.3, -0.25) is 4.79 Å². The summed E-state index contributed by atoms with van der Waals surface area (Å²) in [5.74, 6) is -0.266. The first-order valence-corrected chi connectivity index (χ1v) is 15.8. The van der Waals surface area contributed by atoms with Crippen LogP contribution in [0.25, 0.3) is 22.3 Å². The molecule has 0 aliphatic carbocycles. The van der Waals surface area contributed by atoms with E-state index < -0.39 is 11.6 Å². The average Bonchev–Trinajstić information content (AvgIpc) is 3.41. The zero-order valence-corrected chi connectivity index (χ0v) is 25.1. The molecule has 230 valence electrons. The van der Waals surface area contributed by atoms with Crippen LogP contribution in [0.3, 0.4) is 0 Å². The minimum atomic E-state index is -1.87. The Bertz CT molecular complexity index is 1730. The number of hydrogen-bond acceptors (Lipinski definition) is 8. The lowest BCUT2D eigenvalue weighted by Crippen LogP contribution is -2.48. The molecule has 1 unspecified atom stereocenters. The lowest BCUT2D eigenvalue weighted by Gasteiger charge is -2.39. The van der Waals surface area contributed by atoms with E-state index in [0.717, 1.165) is 42.4 Å². The van der Waals surface area contributed by atoms with Crippen molar-refractivity contribution in [2.45, 2.75) is 76.7 Å². The van der Waals surface area contributed by atoms with Crippen LogP contribution in [-0.4, -0.2) is 68.7 Å². The number of pyridine rings is 2. The van der Waals surface area contributed by atoms with E-state index in [2.05, 4.69) is 11.5 Å². The number of esters is 1. The maximum atomic E-state index is 13.5. The Morgan fingerprint density at radius 3 is 2.66 bits per heavy atom. The van der Waals surface area contributed by atoms with Crippen molar-refractivity contribution in [1.82, 2.24) is 19.4 Å². The van der Waals surface area contributed by atoms with Crippen LogP contribution in [0.5, 0.6) is 5.75 Å². The Morgan fingerprint density at radius 2 is 1.93 bits per heavy atom. The molecule has 6 heterocycles. The molecule has 1 atom stereocenters. The van der Waals surface area contributed by atoms with Gasteiger partial charge in [0.05, 0.1) is 29.0 Å². The topological polar surface area (TPSA) is 114 Å². The monoisotopic (exact) mass is 598 g/mol. The van der Waals surface area contributed by atoms with Gasteiger partial charge >= 0.3 is 12.1 Å². The van der Waals surface area contributed by atoms with Crippen LogP contribution in [0.2, 0.25) is 0 Å². The molecule has 10 heteroatoms. The smallest absolute Gasteiger partial charge is 0.415 e. The molecule has 3 aromatic rings. The second-order valence-electron chi connectivity index (χ2n) is 12.4. The van der Waals surface area contributed by atoms with Gasteiger partial charge in [0.15, 0.2) is 5.60 Å². The number of nitrogens with zero attached hydrogens (tertiary/aromatic N) is 4. The molecule has 0 radical (unpaired) electrons. The minimum absolute atomic E-state index is 0.0859. The highest BCUT2D eigenvalue weighted by Crippen LogP contribution is 2.40. The van der Waals surface area contributed by atoms with Crippen LogP contribution in [0.4, 0.5) is 4.79 Å². The third-order valence-corrected chi connectivity index (χ3v) is 9.94. The Morgan fingerprint density at radius 1 is 1.16 bits per heavy atom. The zero-order chi connectivity index (χ0) is 30.6. The van der Waals surface area contributed by atoms with Gasteiger partial charge in [0.1, 0.15) is 12.4 Å². The van der Waals surface area contributed by atoms with Gasteiger partial charge in [-0.2, -0.15) is 0 Å². The van der Waals surface area contributed by atoms with E-state index in [9.17, 15) is 19.5 Å². The standard InChI is InChI=1S/C34H38N4O6/c1-3-8-23-24-17-21-19-38-28(18-26-25(31(38)39)20-43-32(40)34(26,42)4-2)30(21)35-27(24)9-10-29(23)44-33(41)37-15-11-22(12-16-37)36-13-6-5-7-14-36/h3,9-10,17-18,22,42H,1,4-8,11-16,19-20H2,2H3.